The highest BCUT2D eigenvalue weighted by molar-refractivity contribution is 7.89. The molecule has 2 aromatic heterocycles. The van der Waals surface area contributed by atoms with Gasteiger partial charge in [0.1, 0.15) is 0 Å². The second-order valence-electron chi connectivity index (χ2n) is 4.58. The third-order valence-electron chi connectivity index (χ3n) is 2.92. The second-order valence-corrected chi connectivity index (χ2v) is 7.32. The van der Waals surface area contributed by atoms with Gasteiger partial charge in [0.15, 0.2) is 0 Å². The van der Waals surface area contributed by atoms with E-state index in [2.05, 4.69) is 15.0 Å². The van der Waals surface area contributed by atoms with Crippen molar-refractivity contribution < 1.29 is 8.42 Å². The number of aryl methyl sites for hydroxylation is 1. The number of sulfonamides is 1. The summed E-state index contributed by atoms with van der Waals surface area (Å²) in [5, 5.41) is 4.95. The summed E-state index contributed by atoms with van der Waals surface area (Å²) in [7, 11) is -3.51. The Balaban J connectivity index is 2.10. The fourth-order valence-corrected chi connectivity index (χ4v) is 4.29. The Kier molecular flexibility index (Phi) is 5.46. The molecule has 0 saturated carbocycles. The minimum Gasteiger partial charge on any atom is -0.312 e. The highest BCUT2D eigenvalue weighted by atomic mass is 32.2. The number of rotatable bonds is 7. The number of hydrogen-bond acceptors (Lipinski definition) is 5. The van der Waals surface area contributed by atoms with Crippen molar-refractivity contribution in [2.75, 3.05) is 6.54 Å². The zero-order valence-electron chi connectivity index (χ0n) is 12.1. The lowest BCUT2D eigenvalue weighted by molar-refractivity contribution is 0.578. The lowest BCUT2D eigenvalue weighted by Crippen LogP contribution is -2.25. The molecule has 7 heteroatoms. The van der Waals surface area contributed by atoms with E-state index in [0.29, 0.717) is 17.1 Å². The van der Waals surface area contributed by atoms with Crippen molar-refractivity contribution in [3.05, 3.63) is 45.9 Å². The van der Waals surface area contributed by atoms with Gasteiger partial charge in [-0.2, -0.15) is 0 Å². The van der Waals surface area contributed by atoms with Crippen LogP contribution in [0.15, 0.2) is 34.5 Å². The zero-order chi connectivity index (χ0) is 15.3. The fraction of sp³-hybridized carbons (Fsp3) is 0.357. The molecule has 0 aliphatic heterocycles. The van der Waals surface area contributed by atoms with Crippen LogP contribution in [0.1, 0.15) is 23.2 Å². The van der Waals surface area contributed by atoms with E-state index in [-0.39, 0.29) is 6.54 Å². The van der Waals surface area contributed by atoms with Crippen LogP contribution in [-0.4, -0.2) is 19.9 Å². The molecule has 2 rings (SSSR count). The Bertz CT molecular complexity index is 696. The first kappa shape index (κ1) is 16.1. The summed E-state index contributed by atoms with van der Waals surface area (Å²) < 4.78 is 27.4. The summed E-state index contributed by atoms with van der Waals surface area (Å²) in [6.45, 7) is 5.43. The zero-order valence-corrected chi connectivity index (χ0v) is 13.7. The maximum atomic E-state index is 12.4. The molecule has 0 aromatic carbocycles. The van der Waals surface area contributed by atoms with Gasteiger partial charge >= 0.3 is 0 Å². The van der Waals surface area contributed by atoms with Crippen LogP contribution in [-0.2, 0) is 23.1 Å². The summed E-state index contributed by atoms with van der Waals surface area (Å²) in [6, 6.07) is 7.20. The van der Waals surface area contributed by atoms with E-state index in [1.807, 2.05) is 32.0 Å². The number of pyridine rings is 1. The van der Waals surface area contributed by atoms with Crippen molar-refractivity contribution in [3.63, 3.8) is 0 Å². The largest absolute Gasteiger partial charge is 0.312 e. The summed E-state index contributed by atoms with van der Waals surface area (Å²) >= 11 is 1.44. The Morgan fingerprint density at radius 2 is 2.05 bits per heavy atom. The van der Waals surface area contributed by atoms with E-state index in [9.17, 15) is 8.42 Å². The summed E-state index contributed by atoms with van der Waals surface area (Å²) in [4.78, 5) is 5.46. The normalized spacial score (nSPS) is 11.7. The van der Waals surface area contributed by atoms with Gasteiger partial charge < -0.3 is 5.32 Å². The smallest absolute Gasteiger partial charge is 0.242 e. The Labute approximate surface area is 129 Å². The van der Waals surface area contributed by atoms with Crippen molar-refractivity contribution in [2.45, 2.75) is 31.8 Å². The first-order chi connectivity index (χ1) is 10.0. The molecule has 0 aliphatic rings. The number of hydrogen-bond donors (Lipinski definition) is 2. The van der Waals surface area contributed by atoms with E-state index < -0.39 is 10.0 Å². The first-order valence-electron chi connectivity index (χ1n) is 6.72. The molecule has 0 unspecified atom stereocenters. The molecular weight excluding hydrogens is 306 g/mol. The van der Waals surface area contributed by atoms with Crippen LogP contribution in [0.25, 0.3) is 0 Å². The summed E-state index contributed by atoms with van der Waals surface area (Å²) in [6.07, 6.45) is 0. The van der Waals surface area contributed by atoms with Gasteiger partial charge in [-0.3, -0.25) is 4.98 Å². The topological polar surface area (TPSA) is 71.1 Å². The lowest BCUT2D eigenvalue weighted by atomic mass is 10.3. The molecule has 0 amide bonds. The van der Waals surface area contributed by atoms with Gasteiger partial charge in [0.2, 0.25) is 10.0 Å². The molecule has 0 bridgehead atoms. The van der Waals surface area contributed by atoms with Crippen molar-refractivity contribution >= 4 is 21.4 Å². The van der Waals surface area contributed by atoms with Gasteiger partial charge in [0.25, 0.3) is 0 Å². The number of aromatic nitrogens is 1. The predicted octanol–water partition coefficient (Wildman–Crippen LogP) is 2.04. The molecule has 21 heavy (non-hydrogen) atoms. The van der Waals surface area contributed by atoms with E-state index in [1.54, 1.807) is 11.4 Å². The maximum Gasteiger partial charge on any atom is 0.242 e. The molecule has 0 radical (unpaired) electrons. The average molecular weight is 325 g/mol. The quantitative estimate of drug-likeness (QED) is 0.817. The fourth-order valence-electron chi connectivity index (χ4n) is 1.88. The van der Waals surface area contributed by atoms with Crippen molar-refractivity contribution in [1.29, 1.82) is 0 Å². The molecule has 0 spiro atoms. The molecule has 114 valence electrons. The monoisotopic (exact) mass is 325 g/mol. The SMILES string of the molecule is CCNCc1sccc1S(=O)(=O)NCc1cccc(C)n1. The highest BCUT2D eigenvalue weighted by Crippen LogP contribution is 2.21. The van der Waals surface area contributed by atoms with E-state index >= 15 is 0 Å². The molecule has 0 atom stereocenters. The third-order valence-corrected chi connectivity index (χ3v) is 5.45. The predicted molar refractivity (Wildman–Crippen MR) is 84.7 cm³/mol. The van der Waals surface area contributed by atoms with E-state index in [1.165, 1.54) is 11.3 Å². The molecule has 5 nitrogen and oxygen atoms in total. The van der Waals surface area contributed by atoms with Crippen LogP contribution >= 0.6 is 11.3 Å². The Morgan fingerprint density at radius 1 is 1.24 bits per heavy atom. The molecule has 0 saturated heterocycles. The van der Waals surface area contributed by atoms with Gasteiger partial charge in [-0.15, -0.1) is 11.3 Å². The van der Waals surface area contributed by atoms with Crippen molar-refractivity contribution in [3.8, 4) is 0 Å². The van der Waals surface area contributed by atoms with Crippen LogP contribution in [0.3, 0.4) is 0 Å². The average Bonchev–Trinajstić information content (AvgIpc) is 2.92. The van der Waals surface area contributed by atoms with Crippen LogP contribution in [0.2, 0.25) is 0 Å². The Hall–Kier alpha value is -1.28. The Morgan fingerprint density at radius 3 is 2.76 bits per heavy atom. The minimum absolute atomic E-state index is 0.195. The minimum atomic E-state index is -3.51. The number of nitrogens with one attached hydrogen (secondary N) is 2. The summed E-state index contributed by atoms with van der Waals surface area (Å²) in [5.74, 6) is 0. The van der Waals surface area contributed by atoms with E-state index in [4.69, 9.17) is 0 Å². The number of thiophene rings is 1. The molecular formula is C14H19N3O2S2. The molecule has 0 fully saturated rings. The molecule has 2 heterocycles. The number of nitrogens with zero attached hydrogens (tertiary/aromatic N) is 1. The van der Waals surface area contributed by atoms with Gasteiger partial charge in [-0.1, -0.05) is 13.0 Å². The van der Waals surface area contributed by atoms with Gasteiger partial charge in [0.05, 0.1) is 17.1 Å². The van der Waals surface area contributed by atoms with Crippen molar-refractivity contribution in [2.24, 2.45) is 0 Å². The highest BCUT2D eigenvalue weighted by Gasteiger charge is 2.19. The van der Waals surface area contributed by atoms with Gasteiger partial charge in [-0.05, 0) is 37.0 Å². The van der Waals surface area contributed by atoms with Crippen LogP contribution in [0.5, 0.6) is 0 Å². The first-order valence-corrected chi connectivity index (χ1v) is 9.08. The van der Waals surface area contributed by atoms with Crippen molar-refractivity contribution in [1.82, 2.24) is 15.0 Å². The second kappa shape index (κ2) is 7.13. The standard InChI is InChI=1S/C14H19N3O2S2/c1-3-15-10-13-14(7-8-20-13)21(18,19)16-9-12-6-4-5-11(2)17-12/h4-8,15-16H,3,9-10H2,1-2H3. The van der Waals surface area contributed by atoms with Crippen LogP contribution < -0.4 is 10.0 Å². The van der Waals surface area contributed by atoms with E-state index in [0.717, 1.165) is 17.1 Å². The third kappa shape index (κ3) is 4.34. The molecule has 2 aromatic rings. The lowest BCUT2D eigenvalue weighted by Gasteiger charge is -2.08. The molecule has 0 aliphatic carbocycles. The van der Waals surface area contributed by atoms with Gasteiger partial charge in [-0.25, -0.2) is 13.1 Å². The summed E-state index contributed by atoms with van der Waals surface area (Å²) in [5.41, 5.74) is 1.58. The van der Waals surface area contributed by atoms with Gasteiger partial charge in [0, 0.05) is 17.1 Å². The molecule has 2 N–H and O–H groups in total. The van der Waals surface area contributed by atoms with Crippen LogP contribution in [0.4, 0.5) is 0 Å². The van der Waals surface area contributed by atoms with Crippen LogP contribution in [0, 0.1) is 6.92 Å². The maximum absolute atomic E-state index is 12.4.